The second-order valence-electron chi connectivity index (χ2n) is 6.27. The van der Waals surface area contributed by atoms with Crippen LogP contribution >= 0.6 is 11.3 Å². The molecule has 1 aromatic carbocycles. The van der Waals surface area contributed by atoms with E-state index >= 15 is 0 Å². The number of benzene rings is 1. The van der Waals surface area contributed by atoms with Crippen molar-refractivity contribution in [2.75, 3.05) is 7.05 Å². The van der Waals surface area contributed by atoms with Crippen LogP contribution in [0, 0.1) is 20.8 Å². The molecule has 124 valence electrons. The van der Waals surface area contributed by atoms with Crippen molar-refractivity contribution < 1.29 is 4.79 Å². The number of nitrogens with zero attached hydrogens (tertiary/aromatic N) is 2. The average molecular weight is 338 g/mol. The molecule has 2 heterocycles. The fourth-order valence-corrected chi connectivity index (χ4v) is 3.95. The molecule has 0 bridgehead atoms. The molecule has 0 saturated carbocycles. The fraction of sp³-hybridized carbons (Fsp3) is 0.300. The van der Waals surface area contributed by atoms with Gasteiger partial charge in [-0.2, -0.15) is 0 Å². The van der Waals surface area contributed by atoms with Gasteiger partial charge in [-0.15, -0.1) is 11.3 Å². The van der Waals surface area contributed by atoms with Crippen LogP contribution in [0.15, 0.2) is 35.7 Å². The molecule has 0 aliphatic carbocycles. The summed E-state index contributed by atoms with van der Waals surface area (Å²) in [6.07, 6.45) is 0.399. The van der Waals surface area contributed by atoms with Crippen molar-refractivity contribution >= 4 is 28.1 Å². The van der Waals surface area contributed by atoms with Gasteiger partial charge in [-0.3, -0.25) is 9.78 Å². The number of aromatic nitrogens is 1. The number of fused-ring (bicyclic) bond motifs is 1. The van der Waals surface area contributed by atoms with E-state index in [1.54, 1.807) is 11.3 Å². The number of hydrogen-bond acceptors (Lipinski definition) is 3. The van der Waals surface area contributed by atoms with Crippen LogP contribution in [0.5, 0.6) is 0 Å². The molecule has 3 aromatic rings. The molecule has 24 heavy (non-hydrogen) atoms. The molecule has 0 aliphatic heterocycles. The van der Waals surface area contributed by atoms with Gasteiger partial charge in [0.15, 0.2) is 0 Å². The molecule has 0 spiro atoms. The Morgan fingerprint density at radius 1 is 1.17 bits per heavy atom. The molecule has 0 fully saturated rings. The summed E-state index contributed by atoms with van der Waals surface area (Å²) in [4.78, 5) is 20.4. The Hall–Kier alpha value is -2.20. The maximum atomic E-state index is 12.7. The van der Waals surface area contributed by atoms with Crippen LogP contribution in [0.1, 0.15) is 27.3 Å². The van der Waals surface area contributed by atoms with E-state index in [1.807, 2.05) is 37.1 Å². The van der Waals surface area contributed by atoms with E-state index in [0.717, 1.165) is 27.7 Å². The highest BCUT2D eigenvalue weighted by atomic mass is 32.1. The average Bonchev–Trinajstić information content (AvgIpc) is 2.96. The van der Waals surface area contributed by atoms with E-state index in [4.69, 9.17) is 0 Å². The molecule has 1 amide bonds. The van der Waals surface area contributed by atoms with Crippen LogP contribution in [0.25, 0.3) is 10.9 Å². The smallest absolute Gasteiger partial charge is 0.227 e. The van der Waals surface area contributed by atoms with Crippen molar-refractivity contribution in [3.63, 3.8) is 0 Å². The summed E-state index contributed by atoms with van der Waals surface area (Å²) in [7, 11) is 1.88. The van der Waals surface area contributed by atoms with E-state index in [0.29, 0.717) is 13.0 Å². The molecule has 0 unspecified atom stereocenters. The first-order valence-electron chi connectivity index (χ1n) is 8.09. The Bertz CT molecular complexity index is 898. The lowest BCUT2D eigenvalue weighted by Crippen LogP contribution is -2.28. The zero-order valence-corrected chi connectivity index (χ0v) is 15.4. The number of carbonyl (C=O) groups excluding carboxylic acids is 1. The monoisotopic (exact) mass is 338 g/mol. The summed E-state index contributed by atoms with van der Waals surface area (Å²) in [6, 6.07) is 10.2. The molecular weight excluding hydrogens is 316 g/mol. The summed E-state index contributed by atoms with van der Waals surface area (Å²) in [5, 5.41) is 3.20. The lowest BCUT2D eigenvalue weighted by atomic mass is 9.99. The fourth-order valence-electron chi connectivity index (χ4n) is 2.99. The Kier molecular flexibility index (Phi) is 4.67. The number of amides is 1. The Morgan fingerprint density at radius 3 is 2.62 bits per heavy atom. The number of hydrogen-bond donors (Lipinski definition) is 0. The molecule has 0 atom stereocenters. The number of aryl methyl sites for hydroxylation is 3. The molecule has 0 N–H and O–H groups in total. The van der Waals surface area contributed by atoms with Crippen LogP contribution < -0.4 is 0 Å². The minimum atomic E-state index is 0.131. The number of pyridine rings is 1. The predicted octanol–water partition coefficient (Wildman–Crippen LogP) is 4.42. The van der Waals surface area contributed by atoms with Crippen molar-refractivity contribution in [1.82, 2.24) is 9.88 Å². The van der Waals surface area contributed by atoms with Gasteiger partial charge in [0.05, 0.1) is 18.5 Å². The zero-order valence-electron chi connectivity index (χ0n) is 14.6. The van der Waals surface area contributed by atoms with Gasteiger partial charge in [0, 0.05) is 23.0 Å². The molecule has 0 radical (unpaired) electrons. The van der Waals surface area contributed by atoms with Crippen LogP contribution in [-0.2, 0) is 17.8 Å². The van der Waals surface area contributed by atoms with Crippen LogP contribution in [0.4, 0.5) is 0 Å². The number of thiophene rings is 1. The first kappa shape index (κ1) is 16.7. The molecule has 0 saturated heterocycles. The van der Waals surface area contributed by atoms with Gasteiger partial charge in [-0.1, -0.05) is 18.2 Å². The molecular formula is C20H22N2OS. The maximum absolute atomic E-state index is 12.7. The highest BCUT2D eigenvalue weighted by Crippen LogP contribution is 2.24. The summed E-state index contributed by atoms with van der Waals surface area (Å²) >= 11 is 1.70. The minimum absolute atomic E-state index is 0.131. The first-order valence-corrected chi connectivity index (χ1v) is 8.97. The summed E-state index contributed by atoms with van der Waals surface area (Å²) in [5.41, 5.74) is 5.39. The van der Waals surface area contributed by atoms with Gasteiger partial charge in [0.25, 0.3) is 0 Å². The number of rotatable bonds is 4. The normalized spacial score (nSPS) is 11.0. The number of carbonyl (C=O) groups is 1. The molecule has 0 aliphatic rings. The number of likely N-dealkylation sites (N-methyl/N-ethyl adjacent to an activating group) is 1. The standard InChI is InChI=1S/C20H22N2OS/c1-13-9-10-24-19(13)12-22(4)20(23)11-17-14(2)16-7-5-6-8-18(16)21-15(17)3/h5-10H,11-12H2,1-4H3. The third kappa shape index (κ3) is 3.20. The van der Waals surface area contributed by atoms with Gasteiger partial charge in [-0.25, -0.2) is 0 Å². The van der Waals surface area contributed by atoms with E-state index in [9.17, 15) is 4.79 Å². The van der Waals surface area contributed by atoms with E-state index in [1.165, 1.54) is 10.4 Å². The van der Waals surface area contributed by atoms with Gasteiger partial charge >= 0.3 is 0 Å². The second kappa shape index (κ2) is 6.73. The largest absolute Gasteiger partial charge is 0.340 e. The van der Waals surface area contributed by atoms with Gasteiger partial charge in [-0.05, 0) is 55.0 Å². The Labute approximate surface area is 147 Å². The zero-order chi connectivity index (χ0) is 17.3. The maximum Gasteiger partial charge on any atom is 0.227 e. The van der Waals surface area contributed by atoms with Crippen LogP contribution in [0.3, 0.4) is 0 Å². The van der Waals surface area contributed by atoms with E-state index < -0.39 is 0 Å². The van der Waals surface area contributed by atoms with Crippen molar-refractivity contribution in [2.45, 2.75) is 33.7 Å². The van der Waals surface area contributed by atoms with E-state index in [-0.39, 0.29) is 5.91 Å². The van der Waals surface area contributed by atoms with Gasteiger partial charge in [0.2, 0.25) is 5.91 Å². The topological polar surface area (TPSA) is 33.2 Å². The lowest BCUT2D eigenvalue weighted by molar-refractivity contribution is -0.129. The Morgan fingerprint density at radius 2 is 1.92 bits per heavy atom. The highest BCUT2D eigenvalue weighted by molar-refractivity contribution is 7.10. The third-order valence-electron chi connectivity index (χ3n) is 4.59. The van der Waals surface area contributed by atoms with Gasteiger partial charge < -0.3 is 4.90 Å². The molecule has 4 heteroatoms. The third-order valence-corrected chi connectivity index (χ3v) is 5.60. The van der Waals surface area contributed by atoms with Crippen molar-refractivity contribution in [3.8, 4) is 0 Å². The van der Waals surface area contributed by atoms with Gasteiger partial charge in [0.1, 0.15) is 0 Å². The summed E-state index contributed by atoms with van der Waals surface area (Å²) in [5.74, 6) is 0.131. The second-order valence-corrected chi connectivity index (χ2v) is 7.27. The van der Waals surface area contributed by atoms with Crippen molar-refractivity contribution in [2.24, 2.45) is 0 Å². The van der Waals surface area contributed by atoms with Crippen LogP contribution in [-0.4, -0.2) is 22.8 Å². The van der Waals surface area contributed by atoms with E-state index in [2.05, 4.69) is 36.3 Å². The minimum Gasteiger partial charge on any atom is -0.340 e. The molecule has 2 aromatic heterocycles. The van der Waals surface area contributed by atoms with Crippen molar-refractivity contribution in [1.29, 1.82) is 0 Å². The lowest BCUT2D eigenvalue weighted by Gasteiger charge is -2.19. The predicted molar refractivity (Wildman–Crippen MR) is 100 cm³/mol. The highest BCUT2D eigenvalue weighted by Gasteiger charge is 2.16. The van der Waals surface area contributed by atoms with Crippen molar-refractivity contribution in [3.05, 3.63) is 63.0 Å². The first-order chi connectivity index (χ1) is 11.5. The summed E-state index contributed by atoms with van der Waals surface area (Å²) < 4.78 is 0. The quantitative estimate of drug-likeness (QED) is 0.705. The SMILES string of the molecule is Cc1ccsc1CN(C)C(=O)Cc1c(C)nc2ccccc2c1C. The molecule has 3 nitrogen and oxygen atoms in total. The Balaban J connectivity index is 1.84. The molecule has 3 rings (SSSR count). The summed E-state index contributed by atoms with van der Waals surface area (Å²) in [6.45, 7) is 6.83. The van der Waals surface area contributed by atoms with Crippen LogP contribution in [0.2, 0.25) is 0 Å². The number of para-hydroxylation sites is 1.